The molecule has 0 amide bonds. The van der Waals surface area contributed by atoms with Crippen LogP contribution < -0.4 is 9.80 Å². The van der Waals surface area contributed by atoms with Crippen molar-refractivity contribution in [3.8, 4) is 11.1 Å². The van der Waals surface area contributed by atoms with Gasteiger partial charge in [-0.15, -0.1) is 0 Å². The number of carbonyl (C=O) groups is 1. The fourth-order valence-corrected chi connectivity index (χ4v) is 4.41. The summed E-state index contributed by atoms with van der Waals surface area (Å²) in [5.41, 5.74) is 1.25. The fourth-order valence-electron chi connectivity index (χ4n) is 4.41. The van der Waals surface area contributed by atoms with Gasteiger partial charge in [-0.3, -0.25) is 4.79 Å². The Morgan fingerprint density at radius 2 is 1.68 bits per heavy atom. The predicted molar refractivity (Wildman–Crippen MR) is 127 cm³/mol. The molecule has 8 heteroatoms. The number of carbonyl (C=O) groups excluding carboxylic acids is 1. The van der Waals surface area contributed by atoms with E-state index in [2.05, 4.69) is 21.8 Å². The van der Waals surface area contributed by atoms with Crippen molar-refractivity contribution < 1.29 is 18.0 Å². The summed E-state index contributed by atoms with van der Waals surface area (Å²) in [7, 11) is 1.67. The second-order valence-electron chi connectivity index (χ2n) is 8.70. The van der Waals surface area contributed by atoms with Crippen LogP contribution in [0.4, 0.5) is 24.8 Å². The summed E-state index contributed by atoms with van der Waals surface area (Å²) in [4.78, 5) is 23.4. The summed E-state index contributed by atoms with van der Waals surface area (Å²) >= 11 is 0. The molecule has 2 heterocycles. The van der Waals surface area contributed by atoms with Crippen LogP contribution in [0.3, 0.4) is 0 Å². The molecule has 1 aromatic heterocycles. The Hall–Kier alpha value is -3.42. The highest BCUT2D eigenvalue weighted by Gasteiger charge is 2.24. The van der Waals surface area contributed by atoms with Crippen LogP contribution in [0, 0.1) is 23.4 Å². The molecule has 1 aliphatic heterocycles. The molecule has 0 N–H and O–H groups in total. The van der Waals surface area contributed by atoms with Gasteiger partial charge in [0.15, 0.2) is 0 Å². The summed E-state index contributed by atoms with van der Waals surface area (Å²) in [6.07, 6.45) is 6.83. The van der Waals surface area contributed by atoms with E-state index in [1.54, 1.807) is 11.9 Å². The minimum Gasteiger partial charge on any atom is -0.370 e. The topological polar surface area (TPSA) is 49.3 Å². The van der Waals surface area contributed by atoms with Crippen LogP contribution in [-0.4, -0.2) is 42.9 Å². The van der Waals surface area contributed by atoms with Gasteiger partial charge >= 0.3 is 0 Å². The molecule has 0 aliphatic carbocycles. The summed E-state index contributed by atoms with van der Waals surface area (Å²) < 4.78 is 44.2. The van der Waals surface area contributed by atoms with E-state index < -0.39 is 17.5 Å². The van der Waals surface area contributed by atoms with E-state index in [9.17, 15) is 18.0 Å². The third-order valence-electron chi connectivity index (χ3n) is 6.37. The second kappa shape index (κ2) is 10.2. The number of aryl methyl sites for hydroxylation is 1. The number of benzene rings is 2. The molecule has 3 aromatic rings. The van der Waals surface area contributed by atoms with Gasteiger partial charge < -0.3 is 9.80 Å². The normalized spacial score (nSPS) is 14.3. The van der Waals surface area contributed by atoms with Gasteiger partial charge in [0, 0.05) is 50.2 Å². The summed E-state index contributed by atoms with van der Waals surface area (Å²) in [6.45, 7) is 4.12. The van der Waals surface area contributed by atoms with E-state index in [4.69, 9.17) is 0 Å². The standard InChI is InChI=1S/C26H27F3N4O/c1-3-17-13-30-26(31-14-17)33-8-6-18(7-9-33)15-32(2)25-23(28)11-20(12-24(25)29)21-5-4-19(16-34)10-22(21)27/h4-5,10-14,16,18H,3,6-9,15H2,1-2H3. The van der Waals surface area contributed by atoms with Crippen LogP contribution in [0.2, 0.25) is 0 Å². The fraction of sp³-hybridized carbons (Fsp3) is 0.346. The number of aromatic nitrogens is 2. The third-order valence-corrected chi connectivity index (χ3v) is 6.37. The summed E-state index contributed by atoms with van der Waals surface area (Å²) in [5, 5.41) is 0. The zero-order valence-electron chi connectivity index (χ0n) is 19.3. The van der Waals surface area contributed by atoms with E-state index in [1.165, 1.54) is 12.1 Å². The summed E-state index contributed by atoms with van der Waals surface area (Å²) in [5.74, 6) is -1.23. The average Bonchev–Trinajstić information content (AvgIpc) is 2.84. The van der Waals surface area contributed by atoms with Crippen molar-refractivity contribution in [3.63, 3.8) is 0 Å². The van der Waals surface area contributed by atoms with Gasteiger partial charge in [-0.05, 0) is 54.5 Å². The molecule has 1 fully saturated rings. The Kier molecular flexibility index (Phi) is 7.14. The molecule has 1 aliphatic rings. The van der Waals surface area contributed by atoms with Gasteiger partial charge in [0.05, 0.1) is 0 Å². The van der Waals surface area contributed by atoms with E-state index in [0.717, 1.165) is 56.1 Å². The molecule has 0 bridgehead atoms. The van der Waals surface area contributed by atoms with Crippen molar-refractivity contribution in [1.82, 2.24) is 9.97 Å². The molecule has 4 rings (SSSR count). The molecule has 2 aromatic carbocycles. The lowest BCUT2D eigenvalue weighted by molar-refractivity contribution is 0.112. The van der Waals surface area contributed by atoms with Gasteiger partial charge in [-0.1, -0.05) is 19.1 Å². The molecule has 0 spiro atoms. The van der Waals surface area contributed by atoms with Gasteiger partial charge in [0.25, 0.3) is 0 Å². The molecule has 34 heavy (non-hydrogen) atoms. The molecule has 0 unspecified atom stereocenters. The van der Waals surface area contributed by atoms with Crippen molar-refractivity contribution in [2.45, 2.75) is 26.2 Å². The first-order valence-corrected chi connectivity index (χ1v) is 11.4. The molecule has 0 saturated carbocycles. The zero-order chi connectivity index (χ0) is 24.2. The lowest BCUT2D eigenvalue weighted by Gasteiger charge is -2.34. The number of hydrogen-bond acceptors (Lipinski definition) is 5. The minimum atomic E-state index is -0.752. The zero-order valence-corrected chi connectivity index (χ0v) is 19.3. The Bertz CT molecular complexity index is 1140. The number of anilines is 2. The highest BCUT2D eigenvalue weighted by molar-refractivity contribution is 5.77. The minimum absolute atomic E-state index is 0.0409. The molecule has 5 nitrogen and oxygen atoms in total. The number of piperidine rings is 1. The number of halogens is 3. The Balaban J connectivity index is 1.42. The van der Waals surface area contributed by atoms with Crippen molar-refractivity contribution >= 4 is 17.9 Å². The van der Waals surface area contributed by atoms with E-state index in [0.29, 0.717) is 18.8 Å². The second-order valence-corrected chi connectivity index (χ2v) is 8.70. The van der Waals surface area contributed by atoms with Crippen molar-refractivity contribution in [2.75, 3.05) is 36.5 Å². The maximum Gasteiger partial charge on any atom is 0.225 e. The highest BCUT2D eigenvalue weighted by atomic mass is 19.1. The Morgan fingerprint density at radius 1 is 1.03 bits per heavy atom. The maximum atomic E-state index is 14.9. The quantitative estimate of drug-likeness (QED) is 0.441. The van der Waals surface area contributed by atoms with Crippen LogP contribution in [0.25, 0.3) is 11.1 Å². The van der Waals surface area contributed by atoms with E-state index in [1.807, 2.05) is 12.4 Å². The molecular weight excluding hydrogens is 441 g/mol. The van der Waals surface area contributed by atoms with E-state index >= 15 is 0 Å². The van der Waals surface area contributed by atoms with Crippen molar-refractivity contribution in [3.05, 3.63) is 71.3 Å². The third kappa shape index (κ3) is 5.05. The number of nitrogens with zero attached hydrogens (tertiary/aromatic N) is 4. The molecular formula is C26H27F3N4O. The molecule has 0 atom stereocenters. The lowest BCUT2D eigenvalue weighted by atomic mass is 9.96. The van der Waals surface area contributed by atoms with Crippen LogP contribution >= 0.6 is 0 Å². The van der Waals surface area contributed by atoms with Crippen molar-refractivity contribution in [2.24, 2.45) is 5.92 Å². The maximum absolute atomic E-state index is 14.9. The van der Waals surface area contributed by atoms with Crippen LogP contribution in [-0.2, 0) is 6.42 Å². The first-order chi connectivity index (χ1) is 16.4. The first-order valence-electron chi connectivity index (χ1n) is 11.4. The van der Waals surface area contributed by atoms with Gasteiger partial charge in [0.2, 0.25) is 5.95 Å². The molecule has 1 saturated heterocycles. The van der Waals surface area contributed by atoms with E-state index in [-0.39, 0.29) is 28.3 Å². The SMILES string of the molecule is CCc1cnc(N2CCC(CN(C)c3c(F)cc(-c4ccc(C=O)cc4F)cc3F)CC2)nc1. The highest BCUT2D eigenvalue weighted by Crippen LogP contribution is 2.32. The largest absolute Gasteiger partial charge is 0.370 e. The molecule has 0 radical (unpaired) electrons. The summed E-state index contributed by atoms with van der Waals surface area (Å²) in [6, 6.07) is 6.08. The smallest absolute Gasteiger partial charge is 0.225 e. The Morgan fingerprint density at radius 3 is 2.24 bits per heavy atom. The number of hydrogen-bond donors (Lipinski definition) is 0. The number of rotatable bonds is 7. The average molecular weight is 469 g/mol. The molecule has 178 valence electrons. The van der Waals surface area contributed by atoms with Gasteiger partial charge in [-0.2, -0.15) is 0 Å². The lowest BCUT2D eigenvalue weighted by Crippen LogP contribution is -2.39. The van der Waals surface area contributed by atoms with Crippen LogP contribution in [0.1, 0.15) is 35.7 Å². The monoisotopic (exact) mass is 468 g/mol. The predicted octanol–water partition coefficient (Wildman–Crippen LogP) is 5.29. The van der Waals surface area contributed by atoms with Crippen LogP contribution in [0.5, 0.6) is 0 Å². The van der Waals surface area contributed by atoms with Crippen LogP contribution in [0.15, 0.2) is 42.7 Å². The van der Waals surface area contributed by atoms with Gasteiger partial charge in [-0.25, -0.2) is 23.1 Å². The van der Waals surface area contributed by atoms with Crippen molar-refractivity contribution in [1.29, 1.82) is 0 Å². The first kappa shape index (κ1) is 23.7. The van der Waals surface area contributed by atoms with Gasteiger partial charge in [0.1, 0.15) is 29.4 Å². The number of aldehydes is 1. The Labute approximate surface area is 197 Å².